The summed E-state index contributed by atoms with van der Waals surface area (Å²) in [5.74, 6) is -0.108. The maximum Gasteiger partial charge on any atom is 0.244 e. The quantitative estimate of drug-likeness (QED) is 0.873. The number of hydrogen-bond acceptors (Lipinski definition) is 2. The van der Waals surface area contributed by atoms with Crippen LogP contribution in [0.2, 0.25) is 0 Å². The molecule has 0 atom stereocenters. The number of hydrogen-bond donors (Lipinski definition) is 1. The molecule has 0 fully saturated rings. The molecule has 1 amide bonds. The van der Waals surface area contributed by atoms with Crippen LogP contribution in [0.3, 0.4) is 0 Å². The molecule has 0 aliphatic carbocycles. The topological polar surface area (TPSA) is 42.0 Å². The minimum absolute atomic E-state index is 0.108. The molecule has 0 bridgehead atoms. The first-order chi connectivity index (χ1) is 10.4. The van der Waals surface area contributed by atoms with Crippen molar-refractivity contribution in [2.24, 2.45) is 0 Å². The molecular weight excluding hydrogens is 272 g/mol. The summed E-state index contributed by atoms with van der Waals surface area (Å²) >= 11 is 0. The van der Waals surface area contributed by atoms with Gasteiger partial charge in [-0.05, 0) is 34.2 Å². The van der Waals surface area contributed by atoms with Crippen LogP contribution in [-0.4, -0.2) is 10.9 Å². The number of aromatic nitrogens is 1. The molecule has 114 valence electrons. The highest BCUT2D eigenvalue weighted by atomic mass is 16.1. The van der Waals surface area contributed by atoms with E-state index in [4.69, 9.17) is 0 Å². The van der Waals surface area contributed by atoms with Gasteiger partial charge in [0.25, 0.3) is 0 Å². The van der Waals surface area contributed by atoms with Crippen LogP contribution < -0.4 is 5.32 Å². The summed E-state index contributed by atoms with van der Waals surface area (Å²) in [7, 11) is 0. The predicted octanol–water partition coefficient (Wildman–Crippen LogP) is 3.71. The molecule has 0 saturated heterocycles. The zero-order chi connectivity index (χ0) is 16.0. The van der Waals surface area contributed by atoms with Gasteiger partial charge in [-0.2, -0.15) is 0 Å². The number of carbonyl (C=O) groups excluding carboxylic acids is 1. The van der Waals surface area contributed by atoms with E-state index in [-0.39, 0.29) is 11.3 Å². The van der Waals surface area contributed by atoms with Crippen LogP contribution in [0, 0.1) is 0 Å². The zero-order valence-electron chi connectivity index (χ0n) is 13.3. The highest BCUT2D eigenvalue weighted by Gasteiger charge is 2.12. The van der Waals surface area contributed by atoms with Gasteiger partial charge in [0, 0.05) is 25.0 Å². The molecular formula is C19H22N2O. The van der Waals surface area contributed by atoms with Crippen LogP contribution in [0.4, 0.5) is 0 Å². The average Bonchev–Trinajstić information content (AvgIpc) is 2.51. The van der Waals surface area contributed by atoms with Crippen LogP contribution >= 0.6 is 0 Å². The number of rotatable bonds is 4. The Balaban J connectivity index is 1.90. The SMILES string of the molecule is CC(C)(C)c1ccc(/C=C/C(=O)NCc2cccnc2)cc1. The molecule has 0 unspecified atom stereocenters. The van der Waals surface area contributed by atoms with Crippen molar-refractivity contribution in [2.45, 2.75) is 32.7 Å². The normalized spacial score (nSPS) is 11.6. The molecule has 2 aromatic rings. The molecule has 22 heavy (non-hydrogen) atoms. The van der Waals surface area contributed by atoms with Gasteiger partial charge in [0.15, 0.2) is 0 Å². The van der Waals surface area contributed by atoms with E-state index in [1.165, 1.54) is 5.56 Å². The maximum atomic E-state index is 11.8. The van der Waals surface area contributed by atoms with E-state index in [1.54, 1.807) is 18.5 Å². The summed E-state index contributed by atoms with van der Waals surface area (Å²) in [5.41, 5.74) is 3.43. The van der Waals surface area contributed by atoms with E-state index in [9.17, 15) is 4.79 Å². The molecule has 3 heteroatoms. The van der Waals surface area contributed by atoms with E-state index in [1.807, 2.05) is 30.3 Å². The second-order valence-electron chi connectivity index (χ2n) is 6.28. The van der Waals surface area contributed by atoms with Crippen LogP contribution in [0.5, 0.6) is 0 Å². The van der Waals surface area contributed by atoms with Crippen LogP contribution in [0.25, 0.3) is 6.08 Å². The Morgan fingerprint density at radius 3 is 2.50 bits per heavy atom. The number of nitrogens with zero attached hydrogens (tertiary/aromatic N) is 1. The van der Waals surface area contributed by atoms with Gasteiger partial charge in [-0.15, -0.1) is 0 Å². The molecule has 1 N–H and O–H groups in total. The summed E-state index contributed by atoms with van der Waals surface area (Å²) in [6.07, 6.45) is 6.84. The van der Waals surface area contributed by atoms with Crippen molar-refractivity contribution in [3.63, 3.8) is 0 Å². The van der Waals surface area contributed by atoms with Gasteiger partial charge in [0.1, 0.15) is 0 Å². The van der Waals surface area contributed by atoms with Gasteiger partial charge in [-0.1, -0.05) is 51.1 Å². The van der Waals surface area contributed by atoms with E-state index in [2.05, 4.69) is 43.2 Å². The van der Waals surface area contributed by atoms with E-state index in [0.29, 0.717) is 6.54 Å². The molecule has 0 spiro atoms. The number of amides is 1. The van der Waals surface area contributed by atoms with Gasteiger partial charge >= 0.3 is 0 Å². The Morgan fingerprint density at radius 1 is 1.18 bits per heavy atom. The number of nitrogens with one attached hydrogen (secondary N) is 1. The van der Waals surface area contributed by atoms with Crippen molar-refractivity contribution in [1.82, 2.24) is 10.3 Å². The molecule has 1 heterocycles. The standard InChI is InChI=1S/C19H22N2O/c1-19(2,3)17-9-6-15(7-10-17)8-11-18(22)21-14-16-5-4-12-20-13-16/h4-13H,14H2,1-3H3,(H,21,22)/b11-8+. The molecule has 1 aromatic heterocycles. The van der Waals surface area contributed by atoms with Crippen LogP contribution in [0.1, 0.15) is 37.5 Å². The Morgan fingerprint density at radius 2 is 1.91 bits per heavy atom. The summed E-state index contributed by atoms with van der Waals surface area (Å²) in [6, 6.07) is 12.1. The number of pyridine rings is 1. The van der Waals surface area contributed by atoms with Crippen molar-refractivity contribution >= 4 is 12.0 Å². The second kappa shape index (κ2) is 7.03. The molecule has 0 saturated carbocycles. The van der Waals surface area contributed by atoms with Crippen molar-refractivity contribution < 1.29 is 4.79 Å². The fraction of sp³-hybridized carbons (Fsp3) is 0.263. The Labute approximate surface area is 132 Å². The lowest BCUT2D eigenvalue weighted by atomic mass is 9.87. The zero-order valence-corrected chi connectivity index (χ0v) is 13.3. The van der Waals surface area contributed by atoms with Crippen molar-refractivity contribution in [1.29, 1.82) is 0 Å². The minimum Gasteiger partial charge on any atom is -0.348 e. The van der Waals surface area contributed by atoms with Gasteiger partial charge < -0.3 is 5.32 Å². The lowest BCUT2D eigenvalue weighted by Gasteiger charge is -2.18. The van der Waals surface area contributed by atoms with Gasteiger partial charge in [0.2, 0.25) is 5.91 Å². The van der Waals surface area contributed by atoms with Crippen LogP contribution in [-0.2, 0) is 16.8 Å². The lowest BCUT2D eigenvalue weighted by Crippen LogP contribution is -2.20. The molecule has 3 nitrogen and oxygen atoms in total. The summed E-state index contributed by atoms with van der Waals surface area (Å²) in [5, 5.41) is 2.84. The first-order valence-corrected chi connectivity index (χ1v) is 7.40. The van der Waals surface area contributed by atoms with E-state index < -0.39 is 0 Å². The van der Waals surface area contributed by atoms with E-state index >= 15 is 0 Å². The molecule has 1 aromatic carbocycles. The van der Waals surface area contributed by atoms with E-state index in [0.717, 1.165) is 11.1 Å². The van der Waals surface area contributed by atoms with Gasteiger partial charge in [-0.25, -0.2) is 0 Å². The van der Waals surface area contributed by atoms with Gasteiger partial charge in [-0.3, -0.25) is 9.78 Å². The Kier molecular flexibility index (Phi) is 5.10. The molecule has 0 aliphatic heterocycles. The Bertz CT molecular complexity index is 637. The summed E-state index contributed by atoms with van der Waals surface area (Å²) in [6.45, 7) is 7.04. The third-order valence-corrected chi connectivity index (χ3v) is 3.39. The smallest absolute Gasteiger partial charge is 0.244 e. The highest BCUT2D eigenvalue weighted by Crippen LogP contribution is 2.22. The monoisotopic (exact) mass is 294 g/mol. The fourth-order valence-electron chi connectivity index (χ4n) is 2.02. The maximum absolute atomic E-state index is 11.8. The fourth-order valence-corrected chi connectivity index (χ4v) is 2.02. The first-order valence-electron chi connectivity index (χ1n) is 7.40. The summed E-state index contributed by atoms with van der Waals surface area (Å²) < 4.78 is 0. The lowest BCUT2D eigenvalue weighted by molar-refractivity contribution is -0.116. The Hall–Kier alpha value is -2.42. The van der Waals surface area contributed by atoms with Crippen LogP contribution in [0.15, 0.2) is 54.9 Å². The minimum atomic E-state index is -0.108. The van der Waals surface area contributed by atoms with Crippen molar-refractivity contribution in [2.75, 3.05) is 0 Å². The highest BCUT2D eigenvalue weighted by molar-refractivity contribution is 5.91. The number of benzene rings is 1. The largest absolute Gasteiger partial charge is 0.348 e. The summed E-state index contributed by atoms with van der Waals surface area (Å²) in [4.78, 5) is 15.8. The second-order valence-corrected chi connectivity index (χ2v) is 6.28. The van der Waals surface area contributed by atoms with Gasteiger partial charge in [0.05, 0.1) is 0 Å². The van der Waals surface area contributed by atoms with Crippen molar-refractivity contribution in [3.8, 4) is 0 Å². The molecule has 0 aliphatic rings. The van der Waals surface area contributed by atoms with Crippen molar-refractivity contribution in [3.05, 3.63) is 71.6 Å². The number of carbonyl (C=O) groups is 1. The first kappa shape index (κ1) is 16.0. The average molecular weight is 294 g/mol. The third kappa shape index (κ3) is 4.85. The molecule has 2 rings (SSSR count). The predicted molar refractivity (Wildman–Crippen MR) is 90.3 cm³/mol. The molecule has 0 radical (unpaired) electrons. The third-order valence-electron chi connectivity index (χ3n) is 3.39.